The Morgan fingerprint density at radius 1 is 0.973 bits per heavy atom. The first-order valence-corrected chi connectivity index (χ1v) is 12.6. The van der Waals surface area contributed by atoms with Crippen LogP contribution in [-0.2, 0) is 14.4 Å². The van der Waals surface area contributed by atoms with Crippen molar-refractivity contribution >= 4 is 81.1 Å². The number of carbonyl (C=O) groups excluding carboxylic acids is 3. The third kappa shape index (κ3) is 8.62. The summed E-state index contributed by atoms with van der Waals surface area (Å²) in [6, 6.07) is 16.6. The molecule has 0 aliphatic carbocycles. The number of nitrogens with zero attached hydrogens (tertiary/aromatic N) is 1. The van der Waals surface area contributed by atoms with Crippen LogP contribution in [0.3, 0.4) is 0 Å². The van der Waals surface area contributed by atoms with Gasteiger partial charge in [0.1, 0.15) is 0 Å². The Bertz CT molecular complexity index is 1340. The van der Waals surface area contributed by atoms with Crippen molar-refractivity contribution in [1.82, 2.24) is 5.43 Å². The van der Waals surface area contributed by atoms with Gasteiger partial charge in [-0.05, 0) is 77.5 Å². The zero-order valence-electron chi connectivity index (χ0n) is 19.4. The summed E-state index contributed by atoms with van der Waals surface area (Å²) >= 11 is 14.0. The molecule has 3 N–H and O–H groups in total. The summed E-state index contributed by atoms with van der Waals surface area (Å²) in [6.07, 6.45) is 1.35. The number of nitrogens with one attached hydrogen (secondary N) is 3. The molecule has 3 aromatic rings. The van der Waals surface area contributed by atoms with Crippen molar-refractivity contribution in [3.8, 4) is 11.5 Å². The maximum absolute atomic E-state index is 12.3. The fourth-order valence-corrected chi connectivity index (χ4v) is 4.08. The smallest absolute Gasteiger partial charge is 0.329 e. The number of carbonyl (C=O) groups is 3. The Kier molecular flexibility index (Phi) is 10.5. The second-order valence-corrected chi connectivity index (χ2v) is 9.25. The maximum Gasteiger partial charge on any atom is 0.329 e. The van der Waals surface area contributed by atoms with Gasteiger partial charge in [0.25, 0.3) is 5.91 Å². The fourth-order valence-electron chi connectivity index (χ4n) is 2.92. The van der Waals surface area contributed by atoms with Crippen LogP contribution in [0.15, 0.2) is 65.8 Å². The number of para-hydroxylation sites is 1. The van der Waals surface area contributed by atoms with E-state index in [1.54, 1.807) is 61.5 Å². The summed E-state index contributed by atoms with van der Waals surface area (Å²) in [6.45, 7) is 1.88. The minimum absolute atomic E-state index is 0.271. The van der Waals surface area contributed by atoms with Gasteiger partial charge < -0.3 is 20.1 Å². The number of ether oxygens (including phenoxy) is 2. The second-order valence-electron chi connectivity index (χ2n) is 7.24. The predicted octanol–water partition coefficient (Wildman–Crippen LogP) is 5.10. The van der Waals surface area contributed by atoms with Gasteiger partial charge in [-0.2, -0.15) is 5.10 Å². The average Bonchev–Trinajstić information content (AvgIpc) is 2.85. The third-order valence-electron chi connectivity index (χ3n) is 4.50. The minimum Gasteiger partial charge on any atom is -0.490 e. The standard InChI is InChI=1S/C25H21Cl2IN4O5/c1-2-36-21-11-15(13-29-32-25(35)24(34)30-17-7-5-6-16(26)12-17)10-19(28)23(21)37-14-22(33)31-20-9-4-3-8-18(20)27/h3-13H,2,14H2,1H3,(H,30,34)(H,31,33)(H,32,35)/b29-13-. The molecule has 0 aliphatic heterocycles. The zero-order valence-corrected chi connectivity index (χ0v) is 23.1. The molecule has 0 spiro atoms. The molecule has 0 aromatic heterocycles. The minimum atomic E-state index is -0.958. The van der Waals surface area contributed by atoms with E-state index in [1.165, 1.54) is 12.3 Å². The van der Waals surface area contributed by atoms with Crippen LogP contribution in [0.1, 0.15) is 12.5 Å². The first-order chi connectivity index (χ1) is 17.8. The first-order valence-electron chi connectivity index (χ1n) is 10.8. The summed E-state index contributed by atoms with van der Waals surface area (Å²) < 4.78 is 12.0. The topological polar surface area (TPSA) is 118 Å². The SMILES string of the molecule is CCOc1cc(/C=N\NC(=O)C(=O)Nc2cccc(Cl)c2)cc(I)c1OCC(=O)Nc1ccccc1Cl. The normalized spacial score (nSPS) is 10.6. The van der Waals surface area contributed by atoms with E-state index in [2.05, 4.69) is 21.2 Å². The predicted molar refractivity (Wildman–Crippen MR) is 152 cm³/mol. The maximum atomic E-state index is 12.3. The summed E-state index contributed by atoms with van der Waals surface area (Å²) in [7, 11) is 0. The van der Waals surface area contributed by atoms with Gasteiger partial charge in [0.05, 0.1) is 27.1 Å². The molecule has 9 nitrogen and oxygen atoms in total. The van der Waals surface area contributed by atoms with Crippen LogP contribution in [0.4, 0.5) is 11.4 Å². The molecule has 37 heavy (non-hydrogen) atoms. The number of benzene rings is 3. The number of halogens is 3. The van der Waals surface area contributed by atoms with Crippen molar-refractivity contribution in [2.75, 3.05) is 23.8 Å². The number of hydrazone groups is 1. The highest BCUT2D eigenvalue weighted by molar-refractivity contribution is 14.1. The number of anilines is 2. The Morgan fingerprint density at radius 2 is 1.76 bits per heavy atom. The average molecular weight is 655 g/mol. The van der Waals surface area contributed by atoms with Gasteiger partial charge in [-0.25, -0.2) is 5.43 Å². The number of amides is 3. The van der Waals surface area contributed by atoms with Crippen LogP contribution < -0.4 is 25.5 Å². The molecule has 0 fully saturated rings. The van der Waals surface area contributed by atoms with Crippen LogP contribution in [0.2, 0.25) is 10.0 Å². The molecule has 3 aromatic carbocycles. The quantitative estimate of drug-likeness (QED) is 0.128. The Labute approximate surface area is 236 Å². The van der Waals surface area contributed by atoms with E-state index < -0.39 is 17.7 Å². The van der Waals surface area contributed by atoms with Gasteiger partial charge >= 0.3 is 11.8 Å². The molecule has 0 saturated heterocycles. The van der Waals surface area contributed by atoms with Crippen LogP contribution in [0, 0.1) is 3.57 Å². The van der Waals surface area contributed by atoms with Crippen LogP contribution in [0.5, 0.6) is 11.5 Å². The highest BCUT2D eigenvalue weighted by Gasteiger charge is 2.15. The van der Waals surface area contributed by atoms with Gasteiger partial charge in [-0.3, -0.25) is 14.4 Å². The van der Waals surface area contributed by atoms with E-state index in [4.69, 9.17) is 32.7 Å². The molecular formula is C25H21Cl2IN4O5. The number of hydrogen-bond acceptors (Lipinski definition) is 6. The van der Waals surface area contributed by atoms with E-state index in [-0.39, 0.29) is 6.61 Å². The zero-order chi connectivity index (χ0) is 26.8. The van der Waals surface area contributed by atoms with Crippen molar-refractivity contribution in [2.45, 2.75) is 6.92 Å². The summed E-state index contributed by atoms with van der Waals surface area (Å²) in [5.74, 6) is -1.50. The van der Waals surface area contributed by atoms with Crippen molar-refractivity contribution in [3.63, 3.8) is 0 Å². The molecule has 192 valence electrons. The molecule has 3 amide bonds. The van der Waals surface area contributed by atoms with E-state index >= 15 is 0 Å². The second kappa shape index (κ2) is 13.8. The van der Waals surface area contributed by atoms with E-state index in [0.717, 1.165) is 0 Å². The van der Waals surface area contributed by atoms with Gasteiger partial charge in [-0.1, -0.05) is 41.4 Å². The highest BCUT2D eigenvalue weighted by atomic mass is 127. The lowest BCUT2D eigenvalue weighted by molar-refractivity contribution is -0.136. The molecule has 0 atom stereocenters. The number of rotatable bonds is 9. The monoisotopic (exact) mass is 654 g/mol. The molecule has 12 heteroatoms. The molecule has 0 bridgehead atoms. The highest BCUT2D eigenvalue weighted by Crippen LogP contribution is 2.34. The lowest BCUT2D eigenvalue weighted by atomic mass is 10.2. The van der Waals surface area contributed by atoms with Crippen molar-refractivity contribution < 1.29 is 23.9 Å². The molecule has 0 aliphatic rings. The summed E-state index contributed by atoms with van der Waals surface area (Å²) in [4.78, 5) is 36.4. The Hall–Kier alpha value is -3.35. The Balaban J connectivity index is 1.62. The van der Waals surface area contributed by atoms with E-state index in [9.17, 15) is 14.4 Å². The molecule has 0 radical (unpaired) electrons. The Morgan fingerprint density at radius 3 is 2.49 bits per heavy atom. The fraction of sp³-hybridized carbons (Fsp3) is 0.120. The molecule has 0 saturated carbocycles. The van der Waals surface area contributed by atoms with Crippen molar-refractivity contribution in [1.29, 1.82) is 0 Å². The summed E-state index contributed by atoms with van der Waals surface area (Å²) in [5, 5.41) is 9.79. The van der Waals surface area contributed by atoms with E-state index in [0.29, 0.717) is 48.7 Å². The lowest BCUT2D eigenvalue weighted by Gasteiger charge is -2.15. The van der Waals surface area contributed by atoms with Gasteiger partial charge in [0.15, 0.2) is 18.1 Å². The molecular weight excluding hydrogens is 634 g/mol. The summed E-state index contributed by atoms with van der Waals surface area (Å²) in [5.41, 5.74) is 3.59. The number of hydrogen-bond donors (Lipinski definition) is 3. The van der Waals surface area contributed by atoms with Crippen LogP contribution >= 0.6 is 45.8 Å². The first kappa shape index (κ1) is 28.2. The van der Waals surface area contributed by atoms with Gasteiger partial charge in [0, 0.05) is 10.7 Å². The molecule has 0 unspecified atom stereocenters. The van der Waals surface area contributed by atoms with Crippen molar-refractivity contribution in [2.24, 2.45) is 5.10 Å². The lowest BCUT2D eigenvalue weighted by Crippen LogP contribution is -2.32. The van der Waals surface area contributed by atoms with Gasteiger partial charge in [-0.15, -0.1) is 0 Å². The van der Waals surface area contributed by atoms with E-state index in [1.807, 2.05) is 22.6 Å². The third-order valence-corrected chi connectivity index (χ3v) is 5.86. The van der Waals surface area contributed by atoms with Crippen LogP contribution in [0.25, 0.3) is 0 Å². The molecule has 0 heterocycles. The van der Waals surface area contributed by atoms with Gasteiger partial charge in [0.2, 0.25) is 0 Å². The largest absolute Gasteiger partial charge is 0.490 e. The van der Waals surface area contributed by atoms with Crippen LogP contribution in [-0.4, -0.2) is 37.1 Å². The van der Waals surface area contributed by atoms with Crippen molar-refractivity contribution in [3.05, 3.63) is 79.8 Å². The molecule has 3 rings (SSSR count).